The molecule has 2 saturated heterocycles. The number of carbonyl (C=O) groups excluding carboxylic acids is 1. The Morgan fingerprint density at radius 3 is 3.08 bits per heavy atom. The topological polar surface area (TPSA) is 40.5 Å². The summed E-state index contributed by atoms with van der Waals surface area (Å²) in [5.41, 5.74) is -0.256. The zero-order valence-electron chi connectivity index (χ0n) is 8.12. The summed E-state index contributed by atoms with van der Waals surface area (Å²) in [6.07, 6.45) is 3.91. The Balaban J connectivity index is 2.28. The maximum atomic E-state index is 11.7. The van der Waals surface area contributed by atoms with E-state index in [2.05, 4.69) is 0 Å². The Bertz CT molecular complexity index is 229. The molecule has 2 rings (SSSR count). The van der Waals surface area contributed by atoms with Gasteiger partial charge in [0.2, 0.25) is 5.91 Å². The van der Waals surface area contributed by atoms with Crippen molar-refractivity contribution in [1.82, 2.24) is 4.90 Å². The van der Waals surface area contributed by atoms with Crippen LogP contribution in [-0.4, -0.2) is 34.1 Å². The lowest BCUT2D eigenvalue weighted by atomic mass is 9.90. The Morgan fingerprint density at radius 1 is 1.54 bits per heavy atom. The molecule has 0 radical (unpaired) electrons. The quantitative estimate of drug-likeness (QED) is 0.606. The van der Waals surface area contributed by atoms with E-state index in [0.29, 0.717) is 6.42 Å². The van der Waals surface area contributed by atoms with E-state index < -0.39 is 0 Å². The normalized spacial score (nSPS) is 40.3. The highest BCUT2D eigenvalue weighted by atomic mass is 16.3. The van der Waals surface area contributed by atoms with Crippen LogP contribution in [0.3, 0.4) is 0 Å². The van der Waals surface area contributed by atoms with Gasteiger partial charge in [0.25, 0.3) is 0 Å². The first-order valence-corrected chi connectivity index (χ1v) is 5.13. The number of hydrogen-bond donors (Lipinski definition) is 1. The first-order valence-electron chi connectivity index (χ1n) is 5.13. The second-order valence-electron chi connectivity index (χ2n) is 4.41. The van der Waals surface area contributed by atoms with Crippen molar-refractivity contribution in [2.75, 3.05) is 6.54 Å². The molecule has 0 aromatic rings. The molecule has 0 aromatic heterocycles. The monoisotopic (exact) mass is 183 g/mol. The molecule has 2 fully saturated rings. The van der Waals surface area contributed by atoms with Crippen molar-refractivity contribution < 1.29 is 9.90 Å². The van der Waals surface area contributed by atoms with Gasteiger partial charge in [0.05, 0.1) is 11.6 Å². The Labute approximate surface area is 78.7 Å². The molecule has 0 bridgehead atoms. The van der Waals surface area contributed by atoms with Crippen LogP contribution in [0.2, 0.25) is 0 Å². The van der Waals surface area contributed by atoms with Crippen LogP contribution in [0.5, 0.6) is 0 Å². The molecule has 3 heteroatoms. The van der Waals surface area contributed by atoms with Crippen molar-refractivity contribution >= 4 is 5.91 Å². The van der Waals surface area contributed by atoms with Crippen molar-refractivity contribution in [2.24, 2.45) is 0 Å². The zero-order chi connectivity index (χ0) is 9.47. The van der Waals surface area contributed by atoms with E-state index in [-0.39, 0.29) is 17.6 Å². The van der Waals surface area contributed by atoms with Crippen LogP contribution in [0.1, 0.15) is 39.0 Å². The highest BCUT2D eigenvalue weighted by Crippen LogP contribution is 2.36. The fraction of sp³-hybridized carbons (Fsp3) is 0.900. The lowest BCUT2D eigenvalue weighted by molar-refractivity contribution is -0.136. The summed E-state index contributed by atoms with van der Waals surface area (Å²) in [6, 6.07) is 0. The van der Waals surface area contributed by atoms with E-state index in [4.69, 9.17) is 0 Å². The predicted octanol–water partition coefficient (Wildman–Crippen LogP) is 0.912. The van der Waals surface area contributed by atoms with Crippen molar-refractivity contribution in [1.29, 1.82) is 0 Å². The van der Waals surface area contributed by atoms with E-state index in [1.807, 2.05) is 11.8 Å². The molecular formula is C10H17NO2. The first kappa shape index (κ1) is 9.00. The second-order valence-corrected chi connectivity index (χ2v) is 4.41. The lowest BCUT2D eigenvalue weighted by Crippen LogP contribution is -2.51. The van der Waals surface area contributed by atoms with E-state index in [1.165, 1.54) is 0 Å². The zero-order valence-corrected chi connectivity index (χ0v) is 8.12. The fourth-order valence-corrected chi connectivity index (χ4v) is 2.63. The highest BCUT2D eigenvalue weighted by Gasteiger charge is 2.45. The summed E-state index contributed by atoms with van der Waals surface area (Å²) in [6.45, 7) is 2.86. The fourth-order valence-electron chi connectivity index (χ4n) is 2.63. The molecule has 0 aromatic carbocycles. The number of aliphatic hydroxyl groups is 1. The minimum Gasteiger partial charge on any atom is -0.391 e. The van der Waals surface area contributed by atoms with Gasteiger partial charge in [-0.25, -0.2) is 0 Å². The summed E-state index contributed by atoms with van der Waals surface area (Å²) < 4.78 is 0. The van der Waals surface area contributed by atoms with Crippen LogP contribution < -0.4 is 0 Å². The minimum atomic E-state index is -0.318. The van der Waals surface area contributed by atoms with Gasteiger partial charge in [-0.05, 0) is 32.6 Å². The average molecular weight is 183 g/mol. The molecule has 0 spiro atoms. The SMILES string of the molecule is C[C@@]12CCCN1C(=O)CCC[C@H]2O. The molecule has 74 valence electrons. The van der Waals surface area contributed by atoms with Gasteiger partial charge in [-0.15, -0.1) is 0 Å². The Morgan fingerprint density at radius 2 is 2.31 bits per heavy atom. The van der Waals surface area contributed by atoms with Crippen molar-refractivity contribution in [2.45, 2.75) is 50.7 Å². The van der Waals surface area contributed by atoms with Crippen LogP contribution in [0.15, 0.2) is 0 Å². The molecule has 0 unspecified atom stereocenters. The van der Waals surface area contributed by atoms with Gasteiger partial charge in [0, 0.05) is 13.0 Å². The predicted molar refractivity (Wildman–Crippen MR) is 49.2 cm³/mol. The van der Waals surface area contributed by atoms with Crippen LogP contribution in [0.25, 0.3) is 0 Å². The smallest absolute Gasteiger partial charge is 0.223 e. The van der Waals surface area contributed by atoms with Crippen molar-refractivity contribution in [3.05, 3.63) is 0 Å². The van der Waals surface area contributed by atoms with E-state index in [9.17, 15) is 9.90 Å². The standard InChI is InChI=1S/C10H17NO2/c1-10-6-3-7-11(10)9(13)5-2-4-8(10)12/h8,12H,2-7H2,1H3/t8-,10+/m1/s1. The first-order chi connectivity index (χ1) is 6.14. The van der Waals surface area contributed by atoms with Crippen LogP contribution >= 0.6 is 0 Å². The molecule has 2 atom stereocenters. The van der Waals surface area contributed by atoms with Gasteiger partial charge >= 0.3 is 0 Å². The largest absolute Gasteiger partial charge is 0.391 e. The number of amides is 1. The number of carbonyl (C=O) groups is 1. The number of rotatable bonds is 0. The molecule has 3 nitrogen and oxygen atoms in total. The molecule has 2 heterocycles. The number of nitrogens with zero attached hydrogens (tertiary/aromatic N) is 1. The van der Waals surface area contributed by atoms with Gasteiger partial charge in [-0.1, -0.05) is 0 Å². The average Bonchev–Trinajstić information content (AvgIpc) is 2.44. The van der Waals surface area contributed by atoms with Crippen LogP contribution in [0.4, 0.5) is 0 Å². The maximum absolute atomic E-state index is 11.7. The van der Waals surface area contributed by atoms with Gasteiger partial charge in [-0.3, -0.25) is 4.79 Å². The molecule has 2 aliphatic heterocycles. The molecule has 1 amide bonds. The van der Waals surface area contributed by atoms with Gasteiger partial charge in [0.1, 0.15) is 0 Å². The van der Waals surface area contributed by atoms with Gasteiger partial charge < -0.3 is 10.0 Å². The van der Waals surface area contributed by atoms with E-state index in [0.717, 1.165) is 32.2 Å². The summed E-state index contributed by atoms with van der Waals surface area (Å²) >= 11 is 0. The molecule has 0 aliphatic carbocycles. The molecule has 1 N–H and O–H groups in total. The van der Waals surface area contributed by atoms with Crippen molar-refractivity contribution in [3.63, 3.8) is 0 Å². The van der Waals surface area contributed by atoms with Gasteiger partial charge in [-0.2, -0.15) is 0 Å². The minimum absolute atomic E-state index is 0.233. The van der Waals surface area contributed by atoms with Crippen LogP contribution in [0, 0.1) is 0 Å². The molecular weight excluding hydrogens is 166 g/mol. The van der Waals surface area contributed by atoms with Crippen molar-refractivity contribution in [3.8, 4) is 0 Å². The Kier molecular flexibility index (Phi) is 2.06. The van der Waals surface area contributed by atoms with E-state index in [1.54, 1.807) is 0 Å². The third-order valence-corrected chi connectivity index (χ3v) is 3.57. The van der Waals surface area contributed by atoms with E-state index >= 15 is 0 Å². The maximum Gasteiger partial charge on any atom is 0.223 e. The second kappa shape index (κ2) is 2.98. The molecule has 13 heavy (non-hydrogen) atoms. The molecule has 2 aliphatic rings. The summed E-state index contributed by atoms with van der Waals surface area (Å²) in [5, 5.41) is 9.94. The number of aliphatic hydroxyl groups excluding tert-OH is 1. The van der Waals surface area contributed by atoms with Gasteiger partial charge in [0.15, 0.2) is 0 Å². The summed E-state index contributed by atoms with van der Waals surface area (Å²) in [4.78, 5) is 13.6. The third-order valence-electron chi connectivity index (χ3n) is 3.57. The third kappa shape index (κ3) is 1.26. The lowest BCUT2D eigenvalue weighted by Gasteiger charge is -2.37. The number of fused-ring (bicyclic) bond motifs is 1. The molecule has 0 saturated carbocycles. The summed E-state index contributed by atoms with van der Waals surface area (Å²) in [5.74, 6) is 0.233. The van der Waals surface area contributed by atoms with Crippen LogP contribution in [-0.2, 0) is 4.79 Å². The highest BCUT2D eigenvalue weighted by molar-refractivity contribution is 5.77. The Hall–Kier alpha value is -0.570. The summed E-state index contributed by atoms with van der Waals surface area (Å²) in [7, 11) is 0. The number of hydrogen-bond acceptors (Lipinski definition) is 2.